The minimum Gasteiger partial charge on any atom is -0.481 e. The van der Waals surface area contributed by atoms with Gasteiger partial charge in [0.25, 0.3) is 5.91 Å². The van der Waals surface area contributed by atoms with Crippen LogP contribution in [0, 0.1) is 6.92 Å². The van der Waals surface area contributed by atoms with Crippen molar-refractivity contribution in [2.75, 3.05) is 18.7 Å². The summed E-state index contributed by atoms with van der Waals surface area (Å²) in [6, 6.07) is 13.0. The molecule has 9 nitrogen and oxygen atoms in total. The Morgan fingerprint density at radius 1 is 1.06 bits per heavy atom. The number of pyridine rings is 1. The molecule has 36 heavy (non-hydrogen) atoms. The molecule has 1 fully saturated rings. The molecule has 190 valence electrons. The number of aryl methyl sites for hydroxylation is 1. The standard InChI is InChI=1S/C27H25N3O6.3H2/c1-16-2-4-20(12-21(16)17-10-18(14-28-13-17)25(33)29-9-6-24(31)32)30-26(34)27(7-8-27)19-3-5-22-23(11-19)36-15-35-22;;;/h2-5,10-14H,6-9,15H2,1H3,(H,29,33)(H,30,34)(H,31,32);3*1H. The third-order valence-electron chi connectivity index (χ3n) is 6.54. The number of aliphatic carboxylic acids is 1. The van der Waals surface area contributed by atoms with Gasteiger partial charge in [-0.25, -0.2) is 0 Å². The van der Waals surface area contributed by atoms with Crippen LogP contribution in [0.3, 0.4) is 0 Å². The number of rotatable bonds is 8. The molecule has 2 heterocycles. The van der Waals surface area contributed by atoms with E-state index in [0.29, 0.717) is 28.3 Å². The Morgan fingerprint density at radius 3 is 2.64 bits per heavy atom. The van der Waals surface area contributed by atoms with Crippen LogP contribution in [0.2, 0.25) is 0 Å². The van der Waals surface area contributed by atoms with Gasteiger partial charge in [-0.05, 0) is 66.8 Å². The molecule has 3 N–H and O–H groups in total. The van der Waals surface area contributed by atoms with Crippen molar-refractivity contribution in [3.05, 3.63) is 71.5 Å². The fourth-order valence-corrected chi connectivity index (χ4v) is 4.32. The van der Waals surface area contributed by atoms with Gasteiger partial charge in [0.2, 0.25) is 12.7 Å². The second-order valence-corrected chi connectivity index (χ2v) is 9.00. The van der Waals surface area contributed by atoms with Crippen LogP contribution in [-0.4, -0.2) is 41.2 Å². The SMILES string of the molecule is Cc1ccc(NC(=O)C2(c3ccc4c(c3)OCO4)CC2)cc1-c1cncc(C(=O)NCCC(=O)O)c1.[HH].[HH].[HH]. The van der Waals surface area contributed by atoms with Crippen molar-refractivity contribution in [1.82, 2.24) is 10.3 Å². The van der Waals surface area contributed by atoms with Crippen LogP contribution in [0.1, 0.15) is 45.0 Å². The number of carboxylic acids is 1. The second-order valence-electron chi connectivity index (χ2n) is 9.00. The largest absolute Gasteiger partial charge is 0.481 e. The number of nitrogens with zero attached hydrogens (tertiary/aromatic N) is 1. The van der Waals surface area contributed by atoms with E-state index in [9.17, 15) is 14.4 Å². The monoisotopic (exact) mass is 493 g/mol. The lowest BCUT2D eigenvalue weighted by atomic mass is 9.94. The van der Waals surface area contributed by atoms with Gasteiger partial charge in [-0.15, -0.1) is 0 Å². The summed E-state index contributed by atoms with van der Waals surface area (Å²) in [5, 5.41) is 14.4. The first-order valence-electron chi connectivity index (χ1n) is 11.6. The summed E-state index contributed by atoms with van der Waals surface area (Å²) in [7, 11) is 0. The molecule has 1 aliphatic heterocycles. The Balaban J connectivity index is 0.00000178. The summed E-state index contributed by atoms with van der Waals surface area (Å²) in [5.74, 6) is -0.121. The van der Waals surface area contributed by atoms with E-state index in [0.717, 1.165) is 29.5 Å². The minimum atomic E-state index is -0.983. The molecule has 0 saturated heterocycles. The summed E-state index contributed by atoms with van der Waals surface area (Å²) in [6.07, 6.45) is 4.42. The molecule has 3 aromatic rings. The number of fused-ring (bicyclic) bond motifs is 1. The highest BCUT2D eigenvalue weighted by Gasteiger charge is 2.51. The lowest BCUT2D eigenvalue weighted by Gasteiger charge is -2.17. The van der Waals surface area contributed by atoms with E-state index in [1.165, 1.54) is 6.20 Å². The van der Waals surface area contributed by atoms with Crippen LogP contribution in [0.25, 0.3) is 11.1 Å². The zero-order chi connectivity index (χ0) is 25.3. The van der Waals surface area contributed by atoms with Crippen molar-refractivity contribution >= 4 is 23.5 Å². The Kier molecular flexibility index (Phi) is 6.05. The van der Waals surface area contributed by atoms with E-state index >= 15 is 0 Å². The third kappa shape index (κ3) is 4.59. The smallest absolute Gasteiger partial charge is 0.305 e. The first kappa shape index (κ1) is 23.3. The summed E-state index contributed by atoms with van der Waals surface area (Å²) in [6.45, 7) is 2.16. The van der Waals surface area contributed by atoms with Gasteiger partial charge in [0, 0.05) is 34.5 Å². The second kappa shape index (κ2) is 9.33. The van der Waals surface area contributed by atoms with Crippen LogP contribution in [0.4, 0.5) is 5.69 Å². The average molecular weight is 494 g/mol. The maximum Gasteiger partial charge on any atom is 0.305 e. The number of carboxylic acid groups (broad SMARTS) is 1. The molecule has 9 heteroatoms. The Morgan fingerprint density at radius 2 is 1.86 bits per heavy atom. The fourth-order valence-electron chi connectivity index (χ4n) is 4.32. The molecule has 1 aromatic heterocycles. The number of aromatic nitrogens is 1. The van der Waals surface area contributed by atoms with E-state index in [-0.39, 0.29) is 29.9 Å². The molecule has 2 aliphatic rings. The highest BCUT2D eigenvalue weighted by molar-refractivity contribution is 6.02. The van der Waals surface area contributed by atoms with E-state index in [2.05, 4.69) is 15.6 Å². The van der Waals surface area contributed by atoms with Gasteiger partial charge in [-0.2, -0.15) is 0 Å². The van der Waals surface area contributed by atoms with E-state index in [4.69, 9.17) is 14.6 Å². The van der Waals surface area contributed by atoms with E-state index in [1.54, 1.807) is 12.3 Å². The molecule has 1 aliphatic carbocycles. The van der Waals surface area contributed by atoms with Crippen molar-refractivity contribution in [3.63, 3.8) is 0 Å². The number of carbonyl (C=O) groups is 3. The van der Waals surface area contributed by atoms with Crippen molar-refractivity contribution in [3.8, 4) is 22.6 Å². The number of hydrogen-bond donors (Lipinski definition) is 3. The van der Waals surface area contributed by atoms with Gasteiger partial charge >= 0.3 is 5.97 Å². The highest BCUT2D eigenvalue weighted by atomic mass is 16.7. The Hall–Kier alpha value is -4.40. The van der Waals surface area contributed by atoms with Gasteiger partial charge in [-0.3, -0.25) is 19.4 Å². The number of ether oxygens (including phenoxy) is 2. The number of nitrogens with one attached hydrogen (secondary N) is 2. The zero-order valence-corrected chi connectivity index (χ0v) is 19.7. The fraction of sp³-hybridized carbons (Fsp3) is 0.259. The Bertz CT molecular complexity index is 1380. The molecule has 0 radical (unpaired) electrons. The van der Waals surface area contributed by atoms with Gasteiger partial charge in [-0.1, -0.05) is 12.1 Å². The molecule has 2 amide bonds. The minimum absolute atomic E-state index is 0. The maximum atomic E-state index is 13.3. The summed E-state index contributed by atoms with van der Waals surface area (Å²) >= 11 is 0. The molecular formula is C27H31N3O6. The molecule has 5 rings (SSSR count). The van der Waals surface area contributed by atoms with Gasteiger partial charge < -0.3 is 25.2 Å². The van der Waals surface area contributed by atoms with Crippen LogP contribution in [0.5, 0.6) is 11.5 Å². The van der Waals surface area contributed by atoms with Crippen molar-refractivity contribution in [1.29, 1.82) is 0 Å². The number of amides is 2. The average Bonchev–Trinajstić information content (AvgIpc) is 3.55. The number of benzene rings is 2. The molecule has 0 bridgehead atoms. The van der Waals surface area contributed by atoms with Gasteiger partial charge in [0.1, 0.15) is 0 Å². The van der Waals surface area contributed by atoms with Crippen molar-refractivity contribution in [2.24, 2.45) is 0 Å². The quantitative estimate of drug-likeness (QED) is 0.424. The number of anilines is 1. The molecular weight excluding hydrogens is 462 g/mol. The number of carbonyl (C=O) groups excluding carboxylic acids is 2. The van der Waals surface area contributed by atoms with Crippen LogP contribution in [0.15, 0.2) is 54.9 Å². The lowest BCUT2D eigenvalue weighted by Crippen LogP contribution is -2.27. The normalized spacial score (nSPS) is 14.7. The van der Waals surface area contributed by atoms with Crippen LogP contribution in [-0.2, 0) is 15.0 Å². The summed E-state index contributed by atoms with van der Waals surface area (Å²) < 4.78 is 10.9. The molecule has 0 atom stereocenters. The molecule has 1 saturated carbocycles. The molecule has 0 spiro atoms. The van der Waals surface area contributed by atoms with Gasteiger partial charge in [0.05, 0.1) is 17.4 Å². The van der Waals surface area contributed by atoms with Crippen LogP contribution < -0.4 is 20.1 Å². The maximum absolute atomic E-state index is 13.3. The lowest BCUT2D eigenvalue weighted by molar-refractivity contribution is -0.136. The Labute approximate surface area is 211 Å². The van der Waals surface area contributed by atoms with Crippen molar-refractivity contribution in [2.45, 2.75) is 31.6 Å². The highest BCUT2D eigenvalue weighted by Crippen LogP contribution is 2.51. The third-order valence-corrected chi connectivity index (χ3v) is 6.54. The summed E-state index contributed by atoms with van der Waals surface area (Å²) in [5.41, 5.74) is 3.77. The predicted molar refractivity (Wildman–Crippen MR) is 137 cm³/mol. The van der Waals surface area contributed by atoms with Gasteiger partial charge in [0.15, 0.2) is 11.5 Å². The van der Waals surface area contributed by atoms with E-state index < -0.39 is 17.3 Å². The van der Waals surface area contributed by atoms with Crippen molar-refractivity contribution < 1.29 is 33.2 Å². The first-order chi connectivity index (χ1) is 17.4. The first-order valence-corrected chi connectivity index (χ1v) is 11.6. The van der Waals surface area contributed by atoms with Crippen LogP contribution >= 0.6 is 0 Å². The molecule has 2 aromatic carbocycles. The predicted octanol–water partition coefficient (Wildman–Crippen LogP) is 4.40. The topological polar surface area (TPSA) is 127 Å². The summed E-state index contributed by atoms with van der Waals surface area (Å²) in [4.78, 5) is 40.6. The molecule has 0 unspecified atom stereocenters. The van der Waals surface area contributed by atoms with E-state index in [1.807, 2.05) is 43.3 Å². The zero-order valence-electron chi connectivity index (χ0n) is 19.7. The number of hydrogen-bond acceptors (Lipinski definition) is 6.